The van der Waals surface area contributed by atoms with E-state index in [4.69, 9.17) is 4.74 Å². The molecule has 170 valence electrons. The van der Waals surface area contributed by atoms with E-state index in [-0.39, 0.29) is 22.9 Å². The molecule has 6 heteroatoms. The highest BCUT2D eigenvalue weighted by molar-refractivity contribution is 6.06. The largest absolute Gasteiger partial charge is 0.459 e. The Labute approximate surface area is 189 Å². The number of piperidine rings is 2. The van der Waals surface area contributed by atoms with Crippen molar-refractivity contribution in [3.63, 3.8) is 0 Å². The first kappa shape index (κ1) is 21.4. The number of ether oxygens (including phenoxy) is 1. The molecule has 0 saturated carbocycles. The van der Waals surface area contributed by atoms with Crippen molar-refractivity contribution in [1.82, 2.24) is 14.8 Å². The van der Waals surface area contributed by atoms with Crippen molar-refractivity contribution in [3.8, 4) is 0 Å². The number of cyclic esters (lactones) is 1. The zero-order valence-electron chi connectivity index (χ0n) is 19.4. The van der Waals surface area contributed by atoms with E-state index in [0.29, 0.717) is 6.04 Å². The minimum absolute atomic E-state index is 0.0141. The summed E-state index contributed by atoms with van der Waals surface area (Å²) in [5.74, 6) is 0.0844. The van der Waals surface area contributed by atoms with Crippen LogP contribution >= 0.6 is 0 Å². The van der Waals surface area contributed by atoms with Crippen LogP contribution in [-0.4, -0.2) is 64.5 Å². The molecule has 3 saturated heterocycles. The van der Waals surface area contributed by atoms with Crippen molar-refractivity contribution in [2.24, 2.45) is 5.41 Å². The van der Waals surface area contributed by atoms with Crippen LogP contribution < -0.4 is 0 Å². The summed E-state index contributed by atoms with van der Waals surface area (Å²) in [6, 6.07) is 10.2. The molecule has 5 rings (SSSR count). The van der Waals surface area contributed by atoms with E-state index in [1.807, 2.05) is 56.0 Å². The lowest BCUT2D eigenvalue weighted by molar-refractivity contribution is -0.154. The van der Waals surface area contributed by atoms with E-state index in [1.54, 1.807) is 0 Å². The van der Waals surface area contributed by atoms with E-state index in [1.165, 1.54) is 0 Å². The monoisotopic (exact) mass is 435 g/mol. The Morgan fingerprint density at radius 1 is 1.16 bits per heavy atom. The van der Waals surface area contributed by atoms with Crippen LogP contribution in [0.2, 0.25) is 0 Å². The van der Waals surface area contributed by atoms with E-state index < -0.39 is 0 Å². The highest BCUT2D eigenvalue weighted by Crippen LogP contribution is 2.46. The molecule has 0 N–H and O–H groups in total. The average Bonchev–Trinajstić information content (AvgIpc) is 2.99. The Morgan fingerprint density at radius 3 is 2.62 bits per heavy atom. The van der Waals surface area contributed by atoms with Crippen molar-refractivity contribution < 1.29 is 14.3 Å². The molecule has 1 spiro atoms. The number of fused-ring (bicyclic) bond motifs is 1. The van der Waals surface area contributed by atoms with Crippen molar-refractivity contribution in [1.29, 1.82) is 0 Å². The lowest BCUT2D eigenvalue weighted by Crippen LogP contribution is -2.53. The van der Waals surface area contributed by atoms with Gasteiger partial charge in [-0.25, -0.2) is 0 Å². The van der Waals surface area contributed by atoms with Crippen LogP contribution in [-0.2, 0) is 9.53 Å². The molecule has 1 aromatic heterocycles. The van der Waals surface area contributed by atoms with E-state index in [0.717, 1.165) is 80.4 Å². The highest BCUT2D eigenvalue weighted by Gasteiger charge is 2.54. The number of rotatable bonds is 2. The van der Waals surface area contributed by atoms with E-state index in [2.05, 4.69) is 9.88 Å². The second kappa shape index (κ2) is 7.84. The van der Waals surface area contributed by atoms with Crippen LogP contribution in [0.5, 0.6) is 0 Å². The number of hydrogen-bond acceptors (Lipinski definition) is 5. The van der Waals surface area contributed by atoms with Crippen LogP contribution in [0.3, 0.4) is 0 Å². The molecular formula is C26H33N3O3. The molecule has 3 aliphatic rings. The van der Waals surface area contributed by atoms with Crippen molar-refractivity contribution >= 4 is 22.8 Å². The minimum Gasteiger partial charge on any atom is -0.459 e. The maximum absolute atomic E-state index is 13.4. The topological polar surface area (TPSA) is 62.7 Å². The third-order valence-corrected chi connectivity index (χ3v) is 7.52. The third-order valence-electron chi connectivity index (χ3n) is 7.52. The number of para-hydroxylation sites is 1. The fourth-order valence-corrected chi connectivity index (χ4v) is 6.16. The van der Waals surface area contributed by atoms with Crippen LogP contribution in [0.15, 0.2) is 30.3 Å². The van der Waals surface area contributed by atoms with Gasteiger partial charge in [-0.05, 0) is 65.1 Å². The summed E-state index contributed by atoms with van der Waals surface area (Å²) in [6.45, 7) is 9.30. The van der Waals surface area contributed by atoms with Crippen molar-refractivity contribution in [3.05, 3.63) is 41.6 Å². The second-order valence-electron chi connectivity index (χ2n) is 10.5. The van der Waals surface area contributed by atoms with Crippen LogP contribution in [0, 0.1) is 12.3 Å². The summed E-state index contributed by atoms with van der Waals surface area (Å²) >= 11 is 0. The molecule has 1 unspecified atom stereocenters. The van der Waals surface area contributed by atoms with Crippen LogP contribution in [0.25, 0.3) is 10.9 Å². The predicted molar refractivity (Wildman–Crippen MR) is 123 cm³/mol. The first-order valence-corrected chi connectivity index (χ1v) is 11.9. The van der Waals surface area contributed by atoms with Gasteiger partial charge < -0.3 is 9.64 Å². The van der Waals surface area contributed by atoms with E-state index >= 15 is 0 Å². The molecule has 32 heavy (non-hydrogen) atoms. The first-order chi connectivity index (χ1) is 15.3. The number of aromatic nitrogens is 1. The van der Waals surface area contributed by atoms with Crippen LogP contribution in [0.1, 0.15) is 62.0 Å². The quantitative estimate of drug-likeness (QED) is 0.669. The molecule has 2 aromatic rings. The number of likely N-dealkylation sites (tertiary alicyclic amines) is 2. The van der Waals surface area contributed by atoms with Gasteiger partial charge in [-0.3, -0.25) is 19.5 Å². The van der Waals surface area contributed by atoms with E-state index in [9.17, 15) is 9.59 Å². The molecule has 3 fully saturated rings. The van der Waals surface area contributed by atoms with Gasteiger partial charge in [0.1, 0.15) is 5.60 Å². The number of amides is 1. The Bertz CT molecular complexity index is 1060. The zero-order valence-corrected chi connectivity index (χ0v) is 19.4. The summed E-state index contributed by atoms with van der Waals surface area (Å²) in [5.41, 5.74) is 1.78. The highest BCUT2D eigenvalue weighted by atomic mass is 16.6. The van der Waals surface area contributed by atoms with Gasteiger partial charge in [0.25, 0.3) is 5.91 Å². The standard InChI is InChI=1S/C26H33N3O3/c1-18-15-21(20-7-4-5-8-22(20)27-18)23(30)28-13-9-19(10-14-28)29-12-6-11-26(17-29)16-25(2,3)32-24(26)31/h4-5,7-8,15,19H,6,9-14,16-17H2,1-3H3. The molecule has 0 bridgehead atoms. The van der Waals surface area contributed by atoms with Gasteiger partial charge in [-0.15, -0.1) is 0 Å². The maximum atomic E-state index is 13.4. The summed E-state index contributed by atoms with van der Waals surface area (Å²) in [5, 5.41) is 0.922. The van der Waals surface area contributed by atoms with Gasteiger partial charge in [0.2, 0.25) is 0 Å². The summed E-state index contributed by atoms with van der Waals surface area (Å²) in [4.78, 5) is 35.2. The van der Waals surface area contributed by atoms with Crippen molar-refractivity contribution in [2.75, 3.05) is 26.2 Å². The maximum Gasteiger partial charge on any atom is 0.314 e. The molecule has 0 radical (unpaired) electrons. The lowest BCUT2D eigenvalue weighted by atomic mass is 9.74. The lowest BCUT2D eigenvalue weighted by Gasteiger charge is -2.44. The average molecular weight is 436 g/mol. The van der Waals surface area contributed by atoms with Gasteiger partial charge in [0, 0.05) is 43.2 Å². The number of carbonyl (C=O) groups is 2. The van der Waals surface area contributed by atoms with Gasteiger partial charge in [-0.2, -0.15) is 0 Å². The summed E-state index contributed by atoms with van der Waals surface area (Å²) in [7, 11) is 0. The number of aryl methyl sites for hydroxylation is 1. The van der Waals surface area contributed by atoms with Gasteiger partial charge in [0.05, 0.1) is 16.5 Å². The van der Waals surface area contributed by atoms with Gasteiger partial charge >= 0.3 is 5.97 Å². The number of esters is 1. The third kappa shape index (κ3) is 3.79. The van der Waals surface area contributed by atoms with Gasteiger partial charge in [-0.1, -0.05) is 18.2 Å². The molecular weight excluding hydrogens is 402 g/mol. The Hall–Kier alpha value is -2.47. The molecule has 6 nitrogen and oxygen atoms in total. The molecule has 3 aliphatic heterocycles. The summed E-state index contributed by atoms with van der Waals surface area (Å²) < 4.78 is 5.70. The molecule has 4 heterocycles. The number of carbonyl (C=O) groups excluding carboxylic acids is 2. The van der Waals surface area contributed by atoms with Crippen molar-refractivity contribution in [2.45, 2.75) is 64.5 Å². The first-order valence-electron chi connectivity index (χ1n) is 11.9. The predicted octanol–water partition coefficient (Wildman–Crippen LogP) is 3.96. The Balaban J connectivity index is 1.27. The number of hydrogen-bond donors (Lipinski definition) is 0. The number of benzene rings is 1. The summed E-state index contributed by atoms with van der Waals surface area (Å²) in [6.07, 6.45) is 4.66. The Kier molecular flexibility index (Phi) is 5.24. The molecule has 1 aromatic carbocycles. The SMILES string of the molecule is Cc1cc(C(=O)N2CCC(N3CCCC4(C3)CC(C)(C)OC4=O)CC2)c2ccccc2n1. The number of pyridine rings is 1. The number of nitrogens with zero attached hydrogens (tertiary/aromatic N) is 3. The van der Waals surface area contributed by atoms with Gasteiger partial charge in [0.15, 0.2) is 0 Å². The smallest absolute Gasteiger partial charge is 0.314 e. The molecule has 0 aliphatic carbocycles. The zero-order chi connectivity index (χ0) is 22.5. The fraction of sp³-hybridized carbons (Fsp3) is 0.577. The normalized spacial score (nSPS) is 26.6. The molecule has 1 atom stereocenters. The Morgan fingerprint density at radius 2 is 1.91 bits per heavy atom. The van der Waals surface area contributed by atoms with Crippen LogP contribution in [0.4, 0.5) is 0 Å². The fourth-order valence-electron chi connectivity index (χ4n) is 6.16. The minimum atomic E-state index is -0.360. The second-order valence-corrected chi connectivity index (χ2v) is 10.5. The molecule has 1 amide bonds.